The molecule has 1 atom stereocenters. The van der Waals surface area contributed by atoms with E-state index in [0.717, 1.165) is 11.0 Å². The molecule has 1 aliphatic heterocycles. The highest BCUT2D eigenvalue weighted by Gasteiger charge is 2.34. The molecule has 4 nitrogen and oxygen atoms in total. The van der Waals surface area contributed by atoms with Crippen LogP contribution in [0.2, 0.25) is 0 Å². The van der Waals surface area contributed by atoms with E-state index in [0.29, 0.717) is 28.9 Å². The summed E-state index contributed by atoms with van der Waals surface area (Å²) < 4.78 is 52.9. The molecule has 0 aromatic heterocycles. The fourth-order valence-electron chi connectivity index (χ4n) is 3.12. The summed E-state index contributed by atoms with van der Waals surface area (Å²) in [5, 5.41) is 9.54. The number of nitrogens with zero attached hydrogens (tertiary/aromatic N) is 1. The molecule has 138 valence electrons. The van der Waals surface area contributed by atoms with Crippen molar-refractivity contribution in [2.75, 3.05) is 4.90 Å². The van der Waals surface area contributed by atoms with Gasteiger partial charge in [-0.05, 0) is 30.2 Å². The Bertz CT molecular complexity index is 852. The molecule has 0 bridgehead atoms. The number of hydrogen-bond donors (Lipinski definition) is 2. The molecule has 26 heavy (non-hydrogen) atoms. The van der Waals surface area contributed by atoms with E-state index >= 15 is 0 Å². The first kappa shape index (κ1) is 18.3. The summed E-state index contributed by atoms with van der Waals surface area (Å²) in [5.41, 5.74) is 6.04. The maximum atomic E-state index is 14.1. The van der Waals surface area contributed by atoms with Crippen LogP contribution in [0, 0.1) is 5.82 Å². The van der Waals surface area contributed by atoms with Gasteiger partial charge in [-0.1, -0.05) is 18.2 Å². The van der Waals surface area contributed by atoms with E-state index in [1.54, 1.807) is 18.2 Å². The molecule has 1 heterocycles. The number of anilines is 1. The van der Waals surface area contributed by atoms with Crippen LogP contribution in [0.25, 0.3) is 0 Å². The molecule has 2 aromatic rings. The van der Waals surface area contributed by atoms with Crippen molar-refractivity contribution in [3.8, 4) is 0 Å². The second-order valence-electron chi connectivity index (χ2n) is 6.12. The van der Waals surface area contributed by atoms with Gasteiger partial charge in [0.25, 0.3) is 0 Å². The van der Waals surface area contributed by atoms with Crippen molar-refractivity contribution < 1.29 is 27.5 Å². The fourth-order valence-corrected chi connectivity index (χ4v) is 3.12. The average molecular weight is 368 g/mol. The lowest BCUT2D eigenvalue weighted by atomic mass is 9.94. The zero-order valence-corrected chi connectivity index (χ0v) is 13.6. The number of amides is 1. The molecule has 0 saturated heterocycles. The number of fused-ring (bicyclic) bond motifs is 1. The highest BCUT2D eigenvalue weighted by molar-refractivity contribution is 6.00. The van der Waals surface area contributed by atoms with Gasteiger partial charge in [0.15, 0.2) is 0 Å². The SMILES string of the molecule is N[C@@H]1Cc2cccc(CO)c2N(Cc2cc(C(F)(F)F)ccc2F)C1=O. The number of carbonyl (C=O) groups is 1. The minimum absolute atomic E-state index is 0.240. The molecule has 0 saturated carbocycles. The number of rotatable bonds is 3. The Morgan fingerprint density at radius 1 is 1.19 bits per heavy atom. The van der Waals surface area contributed by atoms with Crippen LogP contribution in [0.3, 0.4) is 0 Å². The lowest BCUT2D eigenvalue weighted by molar-refractivity contribution is -0.137. The maximum absolute atomic E-state index is 14.1. The monoisotopic (exact) mass is 368 g/mol. The Labute approximate surface area is 146 Å². The van der Waals surface area contributed by atoms with Crippen molar-refractivity contribution in [2.24, 2.45) is 5.73 Å². The third-order valence-electron chi connectivity index (χ3n) is 4.37. The lowest BCUT2D eigenvalue weighted by Crippen LogP contribution is -2.49. The van der Waals surface area contributed by atoms with E-state index in [1.807, 2.05) is 0 Å². The Kier molecular flexibility index (Phi) is 4.72. The number of halogens is 4. The largest absolute Gasteiger partial charge is 0.416 e. The van der Waals surface area contributed by atoms with Gasteiger partial charge in [0.2, 0.25) is 5.91 Å². The van der Waals surface area contributed by atoms with Crippen LogP contribution >= 0.6 is 0 Å². The number of nitrogens with two attached hydrogens (primary N) is 1. The van der Waals surface area contributed by atoms with Crippen LogP contribution in [0.5, 0.6) is 0 Å². The molecular formula is C18H16F4N2O2. The van der Waals surface area contributed by atoms with Gasteiger partial charge in [-0.25, -0.2) is 4.39 Å². The third-order valence-corrected chi connectivity index (χ3v) is 4.37. The van der Waals surface area contributed by atoms with Crippen LogP contribution in [-0.2, 0) is 30.5 Å². The molecule has 2 aromatic carbocycles. The molecular weight excluding hydrogens is 352 g/mol. The predicted molar refractivity (Wildman–Crippen MR) is 86.6 cm³/mol. The first-order valence-corrected chi connectivity index (χ1v) is 7.86. The molecule has 0 radical (unpaired) electrons. The average Bonchev–Trinajstić information content (AvgIpc) is 2.58. The van der Waals surface area contributed by atoms with Crippen molar-refractivity contribution in [1.29, 1.82) is 0 Å². The van der Waals surface area contributed by atoms with Crippen LogP contribution in [0.15, 0.2) is 36.4 Å². The molecule has 1 amide bonds. The molecule has 0 fully saturated rings. The summed E-state index contributed by atoms with van der Waals surface area (Å²) >= 11 is 0. The Morgan fingerprint density at radius 2 is 1.92 bits per heavy atom. The Balaban J connectivity index is 2.07. The molecule has 3 rings (SSSR count). The summed E-state index contributed by atoms with van der Waals surface area (Å²) in [6, 6.07) is 6.18. The van der Waals surface area contributed by atoms with E-state index in [1.165, 1.54) is 0 Å². The number of aliphatic hydroxyl groups is 1. The van der Waals surface area contributed by atoms with Gasteiger partial charge >= 0.3 is 6.18 Å². The summed E-state index contributed by atoms with van der Waals surface area (Å²) in [7, 11) is 0. The van der Waals surface area contributed by atoms with E-state index in [-0.39, 0.29) is 18.6 Å². The summed E-state index contributed by atoms with van der Waals surface area (Å²) in [4.78, 5) is 13.7. The van der Waals surface area contributed by atoms with Crippen LogP contribution in [0.4, 0.5) is 23.2 Å². The topological polar surface area (TPSA) is 66.6 Å². The van der Waals surface area contributed by atoms with Gasteiger partial charge in [-0.3, -0.25) is 4.79 Å². The number of carbonyl (C=O) groups excluding carboxylic acids is 1. The Hall–Kier alpha value is -2.45. The van der Waals surface area contributed by atoms with Gasteiger partial charge in [0, 0.05) is 11.1 Å². The molecule has 8 heteroatoms. The fraction of sp³-hybridized carbons (Fsp3) is 0.278. The molecule has 0 unspecified atom stereocenters. The number of para-hydroxylation sites is 1. The van der Waals surface area contributed by atoms with E-state index in [9.17, 15) is 27.5 Å². The molecule has 1 aliphatic rings. The first-order chi connectivity index (χ1) is 12.2. The van der Waals surface area contributed by atoms with Gasteiger partial charge in [0.05, 0.1) is 30.4 Å². The van der Waals surface area contributed by atoms with Gasteiger partial charge < -0.3 is 15.7 Å². The van der Waals surface area contributed by atoms with Gasteiger partial charge in [-0.2, -0.15) is 13.2 Å². The highest BCUT2D eigenvalue weighted by Crippen LogP contribution is 2.35. The lowest BCUT2D eigenvalue weighted by Gasteiger charge is -2.34. The second-order valence-corrected chi connectivity index (χ2v) is 6.12. The minimum atomic E-state index is -4.63. The van der Waals surface area contributed by atoms with Gasteiger partial charge in [0.1, 0.15) is 5.82 Å². The number of benzene rings is 2. The van der Waals surface area contributed by atoms with Crippen LogP contribution in [-0.4, -0.2) is 17.1 Å². The van der Waals surface area contributed by atoms with Crippen LogP contribution in [0.1, 0.15) is 22.3 Å². The van der Waals surface area contributed by atoms with E-state index in [2.05, 4.69) is 0 Å². The number of alkyl halides is 3. The van der Waals surface area contributed by atoms with Crippen molar-refractivity contribution in [3.05, 3.63) is 64.5 Å². The van der Waals surface area contributed by atoms with Crippen molar-refractivity contribution in [3.63, 3.8) is 0 Å². The highest BCUT2D eigenvalue weighted by atomic mass is 19.4. The normalized spacial score (nSPS) is 17.4. The summed E-state index contributed by atoms with van der Waals surface area (Å²) in [6.45, 7) is -0.778. The zero-order chi connectivity index (χ0) is 19.1. The predicted octanol–water partition coefficient (Wildman–Crippen LogP) is 2.75. The summed E-state index contributed by atoms with van der Waals surface area (Å²) in [6.07, 6.45) is -4.39. The smallest absolute Gasteiger partial charge is 0.392 e. The quantitative estimate of drug-likeness (QED) is 0.819. The molecule has 0 aliphatic carbocycles. The zero-order valence-electron chi connectivity index (χ0n) is 13.6. The first-order valence-electron chi connectivity index (χ1n) is 7.86. The van der Waals surface area contributed by atoms with E-state index < -0.39 is 36.1 Å². The number of hydrogen-bond acceptors (Lipinski definition) is 3. The molecule has 3 N–H and O–H groups in total. The second kappa shape index (κ2) is 6.69. The minimum Gasteiger partial charge on any atom is -0.392 e. The third kappa shape index (κ3) is 3.30. The van der Waals surface area contributed by atoms with Crippen molar-refractivity contribution in [1.82, 2.24) is 0 Å². The number of aliphatic hydroxyl groups excluding tert-OH is 1. The van der Waals surface area contributed by atoms with E-state index in [4.69, 9.17) is 5.73 Å². The summed E-state index contributed by atoms with van der Waals surface area (Å²) in [5.74, 6) is -1.39. The van der Waals surface area contributed by atoms with Crippen molar-refractivity contribution in [2.45, 2.75) is 31.8 Å². The Morgan fingerprint density at radius 3 is 2.58 bits per heavy atom. The van der Waals surface area contributed by atoms with Gasteiger partial charge in [-0.15, -0.1) is 0 Å². The van der Waals surface area contributed by atoms with Crippen LogP contribution < -0.4 is 10.6 Å². The maximum Gasteiger partial charge on any atom is 0.416 e. The molecule has 0 spiro atoms. The standard InChI is InChI=1S/C18H16F4N2O2/c19-14-5-4-13(18(20,21)22)6-12(14)8-24-16-10(7-15(23)17(24)26)2-1-3-11(16)9-25/h1-6,15,25H,7-9,23H2/t15-/m1/s1. The van der Waals surface area contributed by atoms with Crippen molar-refractivity contribution >= 4 is 11.6 Å².